The summed E-state index contributed by atoms with van der Waals surface area (Å²) >= 11 is 0. The van der Waals surface area contributed by atoms with E-state index in [-0.39, 0.29) is 5.91 Å². The van der Waals surface area contributed by atoms with Gasteiger partial charge in [0, 0.05) is 66.0 Å². The number of carbonyl (C=O) groups is 2. The number of ether oxygens (including phenoxy) is 1. The first-order valence-electron chi connectivity index (χ1n) is 8.50. The zero-order valence-corrected chi connectivity index (χ0v) is 14.1. The molecule has 0 spiro atoms. The minimum atomic E-state index is -0.848. The van der Waals surface area contributed by atoms with Gasteiger partial charge in [-0.15, -0.1) is 0 Å². The van der Waals surface area contributed by atoms with Gasteiger partial charge in [0.05, 0.1) is 5.41 Å². The number of rotatable bonds is 7. The van der Waals surface area contributed by atoms with E-state index in [2.05, 4.69) is 10.2 Å². The lowest BCUT2D eigenvalue weighted by atomic mass is 9.77. The first kappa shape index (κ1) is 18.2. The van der Waals surface area contributed by atoms with E-state index in [4.69, 9.17) is 4.74 Å². The van der Waals surface area contributed by atoms with Crippen molar-refractivity contribution in [2.75, 3.05) is 59.5 Å². The lowest BCUT2D eigenvalue weighted by molar-refractivity contribution is -0.156. The Hall–Kier alpha value is -1.18. The number of piperazine rings is 1. The Bertz CT molecular complexity index is 412. The van der Waals surface area contributed by atoms with Gasteiger partial charge in [-0.25, -0.2) is 0 Å². The van der Waals surface area contributed by atoms with Crippen molar-refractivity contribution in [3.63, 3.8) is 0 Å². The number of amides is 1. The summed E-state index contributed by atoms with van der Waals surface area (Å²) in [5.74, 6) is -0.736. The molecule has 0 bridgehead atoms. The highest BCUT2D eigenvalue weighted by molar-refractivity contribution is 5.79. The number of carbonyl (C=O) groups excluding carboxylic acids is 1. The fraction of sp³-hybridized carbons (Fsp3) is 0.875. The molecule has 0 radical (unpaired) electrons. The summed E-state index contributed by atoms with van der Waals surface area (Å²) in [4.78, 5) is 28.3. The molecule has 0 unspecified atom stereocenters. The zero-order chi connectivity index (χ0) is 16.7. The smallest absolute Gasteiger partial charge is 0.311 e. The lowest BCUT2D eigenvalue weighted by Gasteiger charge is -2.40. The summed E-state index contributed by atoms with van der Waals surface area (Å²) in [6.45, 7) is 6.03. The van der Waals surface area contributed by atoms with Crippen LogP contribution in [0.25, 0.3) is 0 Å². The van der Waals surface area contributed by atoms with Crippen LogP contribution in [-0.2, 0) is 14.3 Å². The minimum Gasteiger partial charge on any atom is -0.481 e. The maximum absolute atomic E-state index is 12.5. The Morgan fingerprint density at radius 2 is 2.00 bits per heavy atom. The van der Waals surface area contributed by atoms with Crippen LogP contribution in [0, 0.1) is 5.41 Å². The number of hydrogen-bond acceptors (Lipinski definition) is 5. The number of nitrogens with zero attached hydrogens (tertiary/aromatic N) is 2. The molecule has 2 N–H and O–H groups in total. The van der Waals surface area contributed by atoms with Gasteiger partial charge in [0.25, 0.3) is 0 Å². The summed E-state index contributed by atoms with van der Waals surface area (Å²) in [5, 5.41) is 12.9. The van der Waals surface area contributed by atoms with Crippen LogP contribution in [0.5, 0.6) is 0 Å². The maximum atomic E-state index is 12.5. The van der Waals surface area contributed by atoms with Gasteiger partial charge in [0.15, 0.2) is 0 Å². The van der Waals surface area contributed by atoms with Gasteiger partial charge in [-0.05, 0) is 19.3 Å². The van der Waals surface area contributed by atoms with Crippen LogP contribution in [-0.4, -0.2) is 86.3 Å². The normalized spacial score (nSPS) is 26.2. The molecule has 132 valence electrons. The third kappa shape index (κ3) is 4.89. The fourth-order valence-electron chi connectivity index (χ4n) is 3.47. The Morgan fingerprint density at radius 3 is 2.65 bits per heavy atom. The topological polar surface area (TPSA) is 82.1 Å². The number of carboxylic acid groups (broad SMARTS) is 1. The highest BCUT2D eigenvalue weighted by Crippen LogP contribution is 2.34. The average molecular weight is 327 g/mol. The molecule has 7 nitrogen and oxygen atoms in total. The Kier molecular flexibility index (Phi) is 6.80. The Balaban J connectivity index is 1.87. The number of carboxylic acids is 1. The molecule has 1 amide bonds. The molecule has 0 aromatic carbocycles. The highest BCUT2D eigenvalue weighted by atomic mass is 16.5. The average Bonchev–Trinajstić information content (AvgIpc) is 2.59. The second-order valence-corrected chi connectivity index (χ2v) is 6.59. The quantitative estimate of drug-likeness (QED) is 0.686. The third-order valence-corrected chi connectivity index (χ3v) is 5.02. The summed E-state index contributed by atoms with van der Waals surface area (Å²) in [6.07, 6.45) is 2.29. The molecule has 2 aliphatic rings. The predicted molar refractivity (Wildman–Crippen MR) is 86.3 cm³/mol. The van der Waals surface area contributed by atoms with Gasteiger partial charge < -0.3 is 25.0 Å². The van der Waals surface area contributed by atoms with Crippen molar-refractivity contribution >= 4 is 11.9 Å². The molecule has 0 saturated carbocycles. The van der Waals surface area contributed by atoms with Crippen LogP contribution >= 0.6 is 0 Å². The second kappa shape index (κ2) is 8.61. The van der Waals surface area contributed by atoms with E-state index in [1.165, 1.54) is 0 Å². The molecule has 0 aromatic heterocycles. The highest BCUT2D eigenvalue weighted by Gasteiger charge is 2.43. The number of aliphatic carboxylic acids is 1. The fourth-order valence-corrected chi connectivity index (χ4v) is 3.47. The molecule has 2 aliphatic heterocycles. The van der Waals surface area contributed by atoms with E-state index in [0.29, 0.717) is 39.0 Å². The molecular formula is C16H29N3O4. The zero-order valence-electron chi connectivity index (χ0n) is 14.1. The van der Waals surface area contributed by atoms with Gasteiger partial charge in [-0.2, -0.15) is 0 Å². The van der Waals surface area contributed by atoms with Gasteiger partial charge in [0.1, 0.15) is 0 Å². The number of likely N-dealkylation sites (tertiary alicyclic amines) is 1. The molecule has 7 heteroatoms. The number of piperidine rings is 1. The van der Waals surface area contributed by atoms with E-state index in [0.717, 1.165) is 39.1 Å². The lowest BCUT2D eigenvalue weighted by Crippen LogP contribution is -2.51. The Labute approximate surface area is 138 Å². The van der Waals surface area contributed by atoms with E-state index in [9.17, 15) is 14.7 Å². The molecule has 23 heavy (non-hydrogen) atoms. The van der Waals surface area contributed by atoms with E-state index in [1.54, 1.807) is 12.0 Å². The first-order valence-corrected chi connectivity index (χ1v) is 8.50. The monoisotopic (exact) mass is 327 g/mol. The van der Waals surface area contributed by atoms with E-state index < -0.39 is 11.4 Å². The van der Waals surface area contributed by atoms with E-state index >= 15 is 0 Å². The van der Waals surface area contributed by atoms with Gasteiger partial charge >= 0.3 is 5.97 Å². The number of nitrogens with one attached hydrogen (secondary N) is 1. The van der Waals surface area contributed by atoms with Crippen LogP contribution in [0.15, 0.2) is 0 Å². The molecule has 2 rings (SSSR count). The van der Waals surface area contributed by atoms with Crippen molar-refractivity contribution in [1.82, 2.24) is 15.1 Å². The number of hydrogen-bond donors (Lipinski definition) is 2. The van der Waals surface area contributed by atoms with Crippen LogP contribution in [0.4, 0.5) is 0 Å². The molecule has 2 heterocycles. The number of methoxy groups -OCH3 is 1. The first-order chi connectivity index (χ1) is 11.1. The Morgan fingerprint density at radius 1 is 1.26 bits per heavy atom. The van der Waals surface area contributed by atoms with Crippen LogP contribution < -0.4 is 5.32 Å². The van der Waals surface area contributed by atoms with Crippen LogP contribution in [0.2, 0.25) is 0 Å². The van der Waals surface area contributed by atoms with Crippen LogP contribution in [0.3, 0.4) is 0 Å². The summed E-state index contributed by atoms with van der Waals surface area (Å²) < 4.78 is 5.06. The minimum absolute atomic E-state index is 0.0753. The summed E-state index contributed by atoms with van der Waals surface area (Å²) in [5.41, 5.74) is -0.848. The van der Waals surface area contributed by atoms with Gasteiger partial charge in [0.2, 0.25) is 5.91 Å². The second-order valence-electron chi connectivity index (χ2n) is 6.59. The molecule has 1 atom stereocenters. The largest absolute Gasteiger partial charge is 0.481 e. The van der Waals surface area contributed by atoms with Gasteiger partial charge in [-0.3, -0.25) is 9.59 Å². The molecule has 0 aromatic rings. The summed E-state index contributed by atoms with van der Waals surface area (Å²) in [6, 6.07) is 0. The van der Waals surface area contributed by atoms with Crippen LogP contribution in [0.1, 0.15) is 25.7 Å². The SMILES string of the molecule is COCC[C@]1(C(=O)O)CCCN(C(=O)CCN2CCNCC2)C1. The molecular weight excluding hydrogens is 298 g/mol. The molecule has 0 aliphatic carbocycles. The van der Waals surface area contributed by atoms with Crippen molar-refractivity contribution in [1.29, 1.82) is 0 Å². The third-order valence-electron chi connectivity index (χ3n) is 5.02. The predicted octanol–water partition coefficient (Wildman–Crippen LogP) is 0.0116. The van der Waals surface area contributed by atoms with Crippen molar-refractivity contribution in [2.45, 2.75) is 25.7 Å². The van der Waals surface area contributed by atoms with E-state index in [1.807, 2.05) is 0 Å². The van der Waals surface area contributed by atoms with Gasteiger partial charge in [-0.1, -0.05) is 0 Å². The van der Waals surface area contributed by atoms with Crippen molar-refractivity contribution < 1.29 is 19.4 Å². The molecule has 2 saturated heterocycles. The van der Waals surface area contributed by atoms with Crippen molar-refractivity contribution in [3.05, 3.63) is 0 Å². The summed E-state index contributed by atoms with van der Waals surface area (Å²) in [7, 11) is 1.58. The van der Waals surface area contributed by atoms with Crippen molar-refractivity contribution in [2.24, 2.45) is 5.41 Å². The van der Waals surface area contributed by atoms with Crippen molar-refractivity contribution in [3.8, 4) is 0 Å². The maximum Gasteiger partial charge on any atom is 0.311 e. The standard InChI is InChI=1S/C16H29N3O4/c1-23-12-5-16(15(21)22)4-2-8-19(13-16)14(20)3-9-18-10-6-17-7-11-18/h17H,2-13H2,1H3,(H,21,22)/t16-/m1/s1. The molecule has 2 fully saturated rings.